The zero-order valence-electron chi connectivity index (χ0n) is 9.82. The molecule has 0 aliphatic carbocycles. The summed E-state index contributed by atoms with van der Waals surface area (Å²) >= 11 is 0. The van der Waals surface area contributed by atoms with Crippen LogP contribution in [0.25, 0.3) is 0 Å². The third kappa shape index (κ3) is 2.64. The lowest BCUT2D eigenvalue weighted by molar-refractivity contribution is -0.151. The quantitative estimate of drug-likeness (QED) is 0.879. The lowest BCUT2D eigenvalue weighted by Crippen LogP contribution is -2.41. The molecule has 0 saturated carbocycles. The Hall–Kier alpha value is -1.56. The molecular formula is C12H13F3O3. The van der Waals surface area contributed by atoms with Crippen molar-refractivity contribution in [3.63, 3.8) is 0 Å². The predicted molar refractivity (Wildman–Crippen MR) is 58.1 cm³/mol. The van der Waals surface area contributed by atoms with Gasteiger partial charge in [0.15, 0.2) is 6.10 Å². The number of benzene rings is 1. The van der Waals surface area contributed by atoms with Gasteiger partial charge in [0.05, 0.1) is 5.56 Å². The van der Waals surface area contributed by atoms with E-state index in [-0.39, 0.29) is 5.56 Å². The Labute approximate surface area is 102 Å². The summed E-state index contributed by atoms with van der Waals surface area (Å²) in [6, 6.07) is 4.64. The van der Waals surface area contributed by atoms with Crippen molar-refractivity contribution >= 4 is 5.97 Å². The highest BCUT2D eigenvalue weighted by atomic mass is 19.4. The normalized spacial score (nSPS) is 14.3. The van der Waals surface area contributed by atoms with Crippen molar-refractivity contribution in [3.8, 4) is 0 Å². The number of carboxylic acid groups (broad SMARTS) is 1. The first kappa shape index (κ1) is 14.5. The fourth-order valence-electron chi connectivity index (χ4n) is 1.75. The van der Waals surface area contributed by atoms with Crippen molar-refractivity contribution in [2.45, 2.75) is 31.5 Å². The molecular weight excluding hydrogens is 249 g/mol. The maximum atomic E-state index is 12.8. The molecule has 100 valence electrons. The van der Waals surface area contributed by atoms with Gasteiger partial charge in [0.1, 0.15) is 0 Å². The van der Waals surface area contributed by atoms with E-state index in [2.05, 4.69) is 0 Å². The third-order valence-electron chi connectivity index (χ3n) is 2.84. The van der Waals surface area contributed by atoms with Crippen LogP contribution in [0.4, 0.5) is 13.2 Å². The molecule has 1 unspecified atom stereocenters. The molecule has 0 aliphatic heterocycles. The number of hydrogen-bond donors (Lipinski definition) is 2. The predicted octanol–water partition coefficient (Wildman–Crippen LogP) is 2.43. The van der Waals surface area contributed by atoms with E-state index in [0.717, 1.165) is 6.07 Å². The molecule has 1 aromatic rings. The highest BCUT2D eigenvalue weighted by Crippen LogP contribution is 2.38. The van der Waals surface area contributed by atoms with E-state index in [9.17, 15) is 23.1 Å². The smallest absolute Gasteiger partial charge is 0.416 e. The van der Waals surface area contributed by atoms with Crippen molar-refractivity contribution in [3.05, 3.63) is 35.4 Å². The topological polar surface area (TPSA) is 57.5 Å². The van der Waals surface area contributed by atoms with Crippen LogP contribution in [0.3, 0.4) is 0 Å². The van der Waals surface area contributed by atoms with Gasteiger partial charge in [-0.05, 0) is 11.6 Å². The van der Waals surface area contributed by atoms with Gasteiger partial charge in [-0.15, -0.1) is 0 Å². The lowest BCUT2D eigenvalue weighted by atomic mass is 9.77. The number of alkyl halides is 3. The van der Waals surface area contributed by atoms with Crippen molar-refractivity contribution in [2.75, 3.05) is 0 Å². The van der Waals surface area contributed by atoms with Crippen molar-refractivity contribution < 1.29 is 28.2 Å². The number of hydrogen-bond acceptors (Lipinski definition) is 2. The van der Waals surface area contributed by atoms with Crippen LogP contribution < -0.4 is 0 Å². The first-order valence-corrected chi connectivity index (χ1v) is 5.16. The maximum absolute atomic E-state index is 12.8. The van der Waals surface area contributed by atoms with E-state index < -0.39 is 29.2 Å². The fourth-order valence-corrected chi connectivity index (χ4v) is 1.75. The molecule has 0 fully saturated rings. The fraction of sp³-hybridized carbons (Fsp3) is 0.417. The van der Waals surface area contributed by atoms with Crippen LogP contribution in [-0.4, -0.2) is 22.3 Å². The molecule has 0 saturated heterocycles. The van der Waals surface area contributed by atoms with E-state index in [4.69, 9.17) is 5.11 Å². The van der Waals surface area contributed by atoms with E-state index in [1.165, 1.54) is 32.0 Å². The highest BCUT2D eigenvalue weighted by Gasteiger charge is 2.42. The van der Waals surface area contributed by atoms with E-state index >= 15 is 0 Å². The third-order valence-corrected chi connectivity index (χ3v) is 2.84. The Morgan fingerprint density at radius 2 is 1.61 bits per heavy atom. The van der Waals surface area contributed by atoms with Crippen LogP contribution in [-0.2, 0) is 16.4 Å². The molecule has 1 atom stereocenters. The number of carbonyl (C=O) groups is 1. The molecule has 0 amide bonds. The summed E-state index contributed by atoms with van der Waals surface area (Å²) in [4.78, 5) is 10.7. The van der Waals surface area contributed by atoms with Gasteiger partial charge in [0.25, 0.3) is 0 Å². The largest absolute Gasteiger partial charge is 0.479 e. The second-order valence-electron chi connectivity index (χ2n) is 4.51. The van der Waals surface area contributed by atoms with Crippen LogP contribution >= 0.6 is 0 Å². The monoisotopic (exact) mass is 262 g/mol. The van der Waals surface area contributed by atoms with E-state index in [0.29, 0.717) is 0 Å². The van der Waals surface area contributed by atoms with Crippen molar-refractivity contribution in [1.82, 2.24) is 0 Å². The Morgan fingerprint density at radius 3 is 2.00 bits per heavy atom. The van der Waals surface area contributed by atoms with Crippen LogP contribution in [0.15, 0.2) is 24.3 Å². The SMILES string of the molecule is CC(C)(c1ccccc1C(F)(F)F)C(O)C(=O)O. The molecule has 1 aromatic carbocycles. The van der Waals surface area contributed by atoms with Gasteiger partial charge in [0.2, 0.25) is 0 Å². The molecule has 6 heteroatoms. The highest BCUT2D eigenvalue weighted by molar-refractivity contribution is 5.74. The molecule has 0 heterocycles. The average Bonchev–Trinajstić information content (AvgIpc) is 2.26. The number of rotatable bonds is 3. The minimum atomic E-state index is -4.59. The van der Waals surface area contributed by atoms with Gasteiger partial charge in [-0.2, -0.15) is 13.2 Å². The Morgan fingerprint density at radius 1 is 1.17 bits per heavy atom. The molecule has 18 heavy (non-hydrogen) atoms. The second-order valence-corrected chi connectivity index (χ2v) is 4.51. The van der Waals surface area contributed by atoms with Crippen molar-refractivity contribution in [1.29, 1.82) is 0 Å². The number of halogens is 3. The number of carboxylic acids is 1. The van der Waals surface area contributed by atoms with Crippen LogP contribution in [0.5, 0.6) is 0 Å². The first-order chi connectivity index (χ1) is 8.08. The molecule has 0 spiro atoms. The van der Waals surface area contributed by atoms with Gasteiger partial charge in [-0.1, -0.05) is 32.0 Å². The summed E-state index contributed by atoms with van der Waals surface area (Å²) in [6.07, 6.45) is -6.51. The van der Waals surface area contributed by atoms with E-state index in [1.807, 2.05) is 0 Å². The van der Waals surface area contributed by atoms with Crippen LogP contribution in [0.1, 0.15) is 25.0 Å². The van der Waals surface area contributed by atoms with Gasteiger partial charge < -0.3 is 10.2 Å². The maximum Gasteiger partial charge on any atom is 0.416 e. The second kappa shape index (κ2) is 4.61. The summed E-state index contributed by atoms with van der Waals surface area (Å²) in [5.74, 6) is -1.56. The standard InChI is InChI=1S/C12H13F3O3/c1-11(2,9(16)10(17)18)7-5-3-4-6-8(7)12(13,14)15/h3-6,9,16H,1-2H3,(H,17,18). The number of aliphatic hydroxyl groups excluding tert-OH is 1. The molecule has 0 radical (unpaired) electrons. The van der Waals surface area contributed by atoms with Crippen LogP contribution in [0, 0.1) is 0 Å². The van der Waals surface area contributed by atoms with Crippen molar-refractivity contribution in [2.24, 2.45) is 0 Å². The van der Waals surface area contributed by atoms with Gasteiger partial charge in [-0.3, -0.25) is 0 Å². The first-order valence-electron chi connectivity index (χ1n) is 5.16. The molecule has 2 N–H and O–H groups in total. The van der Waals surface area contributed by atoms with Gasteiger partial charge >= 0.3 is 12.1 Å². The Balaban J connectivity index is 3.37. The lowest BCUT2D eigenvalue weighted by Gasteiger charge is -2.30. The summed E-state index contributed by atoms with van der Waals surface area (Å²) in [5.41, 5.74) is -2.72. The average molecular weight is 262 g/mol. The summed E-state index contributed by atoms with van der Waals surface area (Å²) in [7, 11) is 0. The Bertz CT molecular complexity index is 452. The molecule has 0 bridgehead atoms. The zero-order chi connectivity index (χ0) is 14.1. The van der Waals surface area contributed by atoms with Gasteiger partial charge in [-0.25, -0.2) is 4.79 Å². The summed E-state index contributed by atoms with van der Waals surface area (Å²) in [5, 5.41) is 18.3. The van der Waals surface area contributed by atoms with Gasteiger partial charge in [0, 0.05) is 5.41 Å². The Kier molecular flexibility index (Phi) is 3.71. The number of aliphatic carboxylic acids is 1. The molecule has 0 aromatic heterocycles. The van der Waals surface area contributed by atoms with Crippen LogP contribution in [0.2, 0.25) is 0 Å². The molecule has 0 aliphatic rings. The molecule has 3 nitrogen and oxygen atoms in total. The summed E-state index contributed by atoms with van der Waals surface area (Å²) in [6.45, 7) is 2.52. The summed E-state index contributed by atoms with van der Waals surface area (Å²) < 4.78 is 38.4. The molecule has 1 rings (SSSR count). The minimum Gasteiger partial charge on any atom is -0.479 e. The minimum absolute atomic E-state index is 0.243. The zero-order valence-corrected chi connectivity index (χ0v) is 9.82. The van der Waals surface area contributed by atoms with E-state index in [1.54, 1.807) is 0 Å². The number of aliphatic hydroxyl groups is 1.